The number of likely N-dealkylation sites (tertiary alicyclic amines) is 1. The zero-order valence-corrected chi connectivity index (χ0v) is 15.0. The number of hydrogen-bond acceptors (Lipinski definition) is 3. The van der Waals surface area contributed by atoms with E-state index in [9.17, 15) is 18.4 Å². The highest BCUT2D eigenvalue weighted by Crippen LogP contribution is 2.20. The maximum atomic E-state index is 13.7. The lowest BCUT2D eigenvalue weighted by molar-refractivity contribution is -0.126. The number of rotatable bonds is 6. The Kier molecular flexibility index (Phi) is 8.78. The fourth-order valence-corrected chi connectivity index (χ4v) is 2.80. The van der Waals surface area contributed by atoms with E-state index in [4.69, 9.17) is 0 Å². The summed E-state index contributed by atoms with van der Waals surface area (Å²) in [7, 11) is 1.86. The number of benzene rings is 1. The highest BCUT2D eigenvalue weighted by atomic mass is 35.5. The molecule has 0 radical (unpaired) electrons. The van der Waals surface area contributed by atoms with E-state index < -0.39 is 17.5 Å². The first-order valence-corrected chi connectivity index (χ1v) is 8.19. The van der Waals surface area contributed by atoms with Crippen LogP contribution in [0.3, 0.4) is 0 Å². The van der Waals surface area contributed by atoms with Crippen LogP contribution in [-0.2, 0) is 4.79 Å². The summed E-state index contributed by atoms with van der Waals surface area (Å²) in [4.78, 5) is 25.9. The standard InChI is InChI=1S/C17H23F2N3O2.ClH/c1-20-7-2-8-21-16(23)12-5-9-22(10-6-12)17(24)14-4-3-13(18)11-15(14)19;/h3-4,11-12,20H,2,5-10H2,1H3,(H,21,23);1H. The maximum Gasteiger partial charge on any atom is 0.256 e. The van der Waals surface area contributed by atoms with Gasteiger partial charge in [0.15, 0.2) is 0 Å². The van der Waals surface area contributed by atoms with Gasteiger partial charge in [-0.1, -0.05) is 0 Å². The lowest BCUT2D eigenvalue weighted by atomic mass is 9.95. The molecule has 25 heavy (non-hydrogen) atoms. The number of amides is 2. The molecule has 1 aromatic carbocycles. The SMILES string of the molecule is CNCCCNC(=O)C1CCN(C(=O)c2ccc(F)cc2F)CC1.Cl. The predicted octanol–water partition coefficient (Wildman–Crippen LogP) is 1.96. The van der Waals surface area contributed by atoms with Crippen LogP contribution >= 0.6 is 12.4 Å². The quantitative estimate of drug-likeness (QED) is 0.747. The van der Waals surface area contributed by atoms with Gasteiger partial charge in [0.1, 0.15) is 11.6 Å². The predicted molar refractivity (Wildman–Crippen MR) is 93.8 cm³/mol. The van der Waals surface area contributed by atoms with E-state index in [2.05, 4.69) is 10.6 Å². The smallest absolute Gasteiger partial charge is 0.256 e. The topological polar surface area (TPSA) is 61.4 Å². The van der Waals surface area contributed by atoms with E-state index in [1.165, 1.54) is 4.90 Å². The van der Waals surface area contributed by atoms with Crippen molar-refractivity contribution in [1.82, 2.24) is 15.5 Å². The molecule has 2 amide bonds. The Morgan fingerprint density at radius 3 is 2.48 bits per heavy atom. The van der Waals surface area contributed by atoms with Crippen LogP contribution in [0.4, 0.5) is 8.78 Å². The van der Waals surface area contributed by atoms with Gasteiger partial charge in [0.2, 0.25) is 5.91 Å². The lowest BCUT2D eigenvalue weighted by Crippen LogP contribution is -2.43. The van der Waals surface area contributed by atoms with E-state index in [-0.39, 0.29) is 29.8 Å². The van der Waals surface area contributed by atoms with Crippen LogP contribution in [-0.4, -0.2) is 49.9 Å². The van der Waals surface area contributed by atoms with Gasteiger partial charge in [0.05, 0.1) is 5.56 Å². The molecule has 0 saturated carbocycles. The highest BCUT2D eigenvalue weighted by Gasteiger charge is 2.28. The molecule has 1 fully saturated rings. The molecule has 0 atom stereocenters. The minimum Gasteiger partial charge on any atom is -0.356 e. The van der Waals surface area contributed by atoms with Crippen LogP contribution in [0.15, 0.2) is 18.2 Å². The van der Waals surface area contributed by atoms with Crippen molar-refractivity contribution >= 4 is 24.2 Å². The molecule has 1 aliphatic heterocycles. The van der Waals surface area contributed by atoms with E-state index in [1.807, 2.05) is 7.05 Å². The van der Waals surface area contributed by atoms with Crippen molar-refractivity contribution in [2.75, 3.05) is 33.2 Å². The Morgan fingerprint density at radius 1 is 1.20 bits per heavy atom. The third kappa shape index (κ3) is 5.93. The molecule has 1 aromatic rings. The molecule has 1 saturated heterocycles. The zero-order valence-electron chi connectivity index (χ0n) is 14.2. The largest absolute Gasteiger partial charge is 0.356 e. The molecule has 8 heteroatoms. The van der Waals surface area contributed by atoms with Crippen LogP contribution in [0.1, 0.15) is 29.6 Å². The summed E-state index contributed by atoms with van der Waals surface area (Å²) >= 11 is 0. The molecule has 0 bridgehead atoms. The number of nitrogens with zero attached hydrogens (tertiary/aromatic N) is 1. The summed E-state index contributed by atoms with van der Waals surface area (Å²) in [5, 5.41) is 5.91. The van der Waals surface area contributed by atoms with Gasteiger partial charge < -0.3 is 15.5 Å². The maximum absolute atomic E-state index is 13.7. The van der Waals surface area contributed by atoms with Crippen LogP contribution in [0.25, 0.3) is 0 Å². The first kappa shape index (κ1) is 21.3. The number of hydrogen-bond donors (Lipinski definition) is 2. The molecule has 0 aromatic heterocycles. The Hall–Kier alpha value is -1.73. The van der Waals surface area contributed by atoms with Crippen molar-refractivity contribution in [1.29, 1.82) is 0 Å². The van der Waals surface area contributed by atoms with Crippen molar-refractivity contribution in [3.05, 3.63) is 35.4 Å². The first-order chi connectivity index (χ1) is 11.5. The number of nitrogens with one attached hydrogen (secondary N) is 2. The number of carbonyl (C=O) groups excluding carboxylic acids is 2. The first-order valence-electron chi connectivity index (χ1n) is 8.19. The fourth-order valence-electron chi connectivity index (χ4n) is 2.80. The minimum atomic E-state index is -0.857. The van der Waals surface area contributed by atoms with Gasteiger partial charge in [-0.2, -0.15) is 0 Å². The summed E-state index contributed by atoms with van der Waals surface area (Å²) in [6.07, 6.45) is 1.96. The van der Waals surface area contributed by atoms with Gasteiger partial charge in [-0.25, -0.2) is 8.78 Å². The van der Waals surface area contributed by atoms with E-state index >= 15 is 0 Å². The normalized spacial score (nSPS) is 14.8. The van der Waals surface area contributed by atoms with Crippen molar-refractivity contribution in [3.63, 3.8) is 0 Å². The van der Waals surface area contributed by atoms with Crippen molar-refractivity contribution in [2.45, 2.75) is 19.3 Å². The Bertz CT molecular complexity index is 593. The second-order valence-electron chi connectivity index (χ2n) is 5.94. The summed E-state index contributed by atoms with van der Waals surface area (Å²) in [6.45, 7) is 2.25. The van der Waals surface area contributed by atoms with Crippen molar-refractivity contribution in [3.8, 4) is 0 Å². The van der Waals surface area contributed by atoms with Crippen LogP contribution in [0, 0.1) is 17.6 Å². The summed E-state index contributed by atoms with van der Waals surface area (Å²) in [6, 6.07) is 2.94. The second-order valence-corrected chi connectivity index (χ2v) is 5.94. The van der Waals surface area contributed by atoms with Gasteiger partial charge in [-0.05, 0) is 45.0 Å². The van der Waals surface area contributed by atoms with Gasteiger partial charge in [-0.15, -0.1) is 12.4 Å². The molecule has 0 spiro atoms. The number of carbonyl (C=O) groups is 2. The molecule has 1 heterocycles. The lowest BCUT2D eigenvalue weighted by Gasteiger charge is -2.31. The Balaban J connectivity index is 0.00000312. The Labute approximate surface area is 152 Å². The molecule has 0 aliphatic carbocycles. The summed E-state index contributed by atoms with van der Waals surface area (Å²) < 4.78 is 26.6. The zero-order chi connectivity index (χ0) is 17.5. The molecular formula is C17H24ClF2N3O2. The average molecular weight is 376 g/mol. The molecule has 5 nitrogen and oxygen atoms in total. The van der Waals surface area contributed by atoms with Gasteiger partial charge in [-0.3, -0.25) is 9.59 Å². The molecule has 140 valence electrons. The third-order valence-corrected chi connectivity index (χ3v) is 4.22. The van der Waals surface area contributed by atoms with Crippen LogP contribution in [0.2, 0.25) is 0 Å². The van der Waals surface area contributed by atoms with E-state index in [0.717, 1.165) is 25.1 Å². The highest BCUT2D eigenvalue weighted by molar-refractivity contribution is 5.94. The van der Waals surface area contributed by atoms with Crippen molar-refractivity contribution in [2.24, 2.45) is 5.92 Å². The molecule has 2 N–H and O–H groups in total. The fraction of sp³-hybridized carbons (Fsp3) is 0.529. The summed E-state index contributed by atoms with van der Waals surface area (Å²) in [5.74, 6) is -2.14. The molecular weight excluding hydrogens is 352 g/mol. The Morgan fingerprint density at radius 2 is 1.88 bits per heavy atom. The third-order valence-electron chi connectivity index (χ3n) is 4.22. The number of halogens is 3. The number of piperidine rings is 1. The minimum absolute atomic E-state index is 0. The van der Waals surface area contributed by atoms with E-state index in [1.54, 1.807) is 0 Å². The van der Waals surface area contributed by atoms with Crippen LogP contribution in [0.5, 0.6) is 0 Å². The average Bonchev–Trinajstić information content (AvgIpc) is 2.58. The second kappa shape index (κ2) is 10.3. The molecule has 0 unspecified atom stereocenters. The van der Waals surface area contributed by atoms with E-state index in [0.29, 0.717) is 38.5 Å². The van der Waals surface area contributed by atoms with Gasteiger partial charge in [0, 0.05) is 31.6 Å². The van der Waals surface area contributed by atoms with Gasteiger partial charge >= 0.3 is 0 Å². The van der Waals surface area contributed by atoms with Crippen molar-refractivity contribution < 1.29 is 18.4 Å². The monoisotopic (exact) mass is 375 g/mol. The molecule has 1 aliphatic rings. The van der Waals surface area contributed by atoms with Gasteiger partial charge in [0.25, 0.3) is 5.91 Å². The van der Waals surface area contributed by atoms with Crippen LogP contribution < -0.4 is 10.6 Å². The summed E-state index contributed by atoms with van der Waals surface area (Å²) in [5.41, 5.74) is -0.133. The molecule has 2 rings (SSSR count).